The van der Waals surface area contributed by atoms with E-state index in [2.05, 4.69) is 25.5 Å². The summed E-state index contributed by atoms with van der Waals surface area (Å²) in [5.74, 6) is 1.34. The minimum absolute atomic E-state index is 0.0587. The van der Waals surface area contributed by atoms with E-state index in [1.165, 1.54) is 37.7 Å². The summed E-state index contributed by atoms with van der Waals surface area (Å²) in [5, 5.41) is 22.8. The molecule has 0 fully saturated rings. The molecule has 3 aromatic carbocycles. The number of fused-ring (bicyclic) bond motifs is 1. The Morgan fingerprint density at radius 2 is 1.87 bits per heavy atom. The molecule has 12 heteroatoms. The first-order valence-electron chi connectivity index (χ1n) is 11.5. The fourth-order valence-electron chi connectivity index (χ4n) is 3.68. The van der Waals surface area contributed by atoms with Crippen molar-refractivity contribution >= 4 is 28.1 Å². The maximum atomic E-state index is 15.0. The van der Waals surface area contributed by atoms with Crippen LogP contribution in [0.25, 0.3) is 22.4 Å². The van der Waals surface area contributed by atoms with E-state index in [0.29, 0.717) is 34.0 Å². The summed E-state index contributed by atoms with van der Waals surface area (Å²) in [7, 11) is 1.33. The zero-order valence-corrected chi connectivity index (χ0v) is 20.5. The van der Waals surface area contributed by atoms with Gasteiger partial charge in [0.2, 0.25) is 11.8 Å². The molecule has 192 valence electrons. The number of hydrogen-bond donors (Lipinski definition) is 1. The van der Waals surface area contributed by atoms with Crippen molar-refractivity contribution in [2.75, 3.05) is 12.4 Å². The van der Waals surface area contributed by atoms with Gasteiger partial charge in [0.1, 0.15) is 29.5 Å². The third-order valence-corrected chi connectivity index (χ3v) is 5.58. The summed E-state index contributed by atoms with van der Waals surface area (Å²) in [6.07, 6.45) is 1.27. The molecule has 0 saturated heterocycles. The van der Waals surface area contributed by atoms with Crippen LogP contribution in [0.3, 0.4) is 0 Å². The minimum Gasteiger partial charge on any atom is -0.490 e. The lowest BCUT2D eigenvalue weighted by Gasteiger charge is -2.12. The first-order valence-corrected chi connectivity index (χ1v) is 11.5. The van der Waals surface area contributed by atoms with E-state index < -0.39 is 10.7 Å². The lowest BCUT2D eigenvalue weighted by atomic mass is 10.2. The highest BCUT2D eigenvalue weighted by Gasteiger charge is 2.19. The van der Waals surface area contributed by atoms with E-state index >= 15 is 4.39 Å². The van der Waals surface area contributed by atoms with Crippen LogP contribution in [0.2, 0.25) is 0 Å². The molecule has 0 atom stereocenters. The number of aromatic nitrogens is 4. The monoisotopic (exact) mass is 516 g/mol. The van der Waals surface area contributed by atoms with Gasteiger partial charge in [-0.1, -0.05) is 19.9 Å². The molecule has 38 heavy (non-hydrogen) atoms. The van der Waals surface area contributed by atoms with Crippen molar-refractivity contribution in [2.24, 2.45) is 0 Å². The Bertz CT molecular complexity index is 1660. The number of halogens is 1. The number of nitro groups is 1. The number of methoxy groups -OCH3 is 1. The molecule has 2 heterocycles. The van der Waals surface area contributed by atoms with Crippen LogP contribution >= 0.6 is 0 Å². The zero-order valence-electron chi connectivity index (χ0n) is 20.5. The second kappa shape index (κ2) is 10.1. The summed E-state index contributed by atoms with van der Waals surface area (Å²) in [6, 6.07) is 14.0. The molecule has 0 aliphatic heterocycles. The third kappa shape index (κ3) is 4.91. The molecule has 11 nitrogen and oxygen atoms in total. The molecular weight excluding hydrogens is 495 g/mol. The highest BCUT2D eigenvalue weighted by Crippen LogP contribution is 2.35. The van der Waals surface area contributed by atoms with Crippen molar-refractivity contribution in [3.05, 3.63) is 82.7 Å². The molecule has 0 radical (unpaired) electrons. The van der Waals surface area contributed by atoms with Gasteiger partial charge in [-0.2, -0.15) is 0 Å². The number of nitro benzene ring substituents is 1. The first-order chi connectivity index (χ1) is 18.3. The summed E-state index contributed by atoms with van der Waals surface area (Å²) in [4.78, 5) is 19.1. The second-order valence-corrected chi connectivity index (χ2v) is 8.52. The van der Waals surface area contributed by atoms with Gasteiger partial charge in [-0.25, -0.2) is 14.4 Å². The van der Waals surface area contributed by atoms with E-state index in [1.54, 1.807) is 24.3 Å². The molecule has 0 saturated carbocycles. The lowest BCUT2D eigenvalue weighted by Crippen LogP contribution is -2.00. The summed E-state index contributed by atoms with van der Waals surface area (Å²) < 4.78 is 31.7. The van der Waals surface area contributed by atoms with Gasteiger partial charge in [0.25, 0.3) is 0 Å². The van der Waals surface area contributed by atoms with Crippen molar-refractivity contribution in [3.63, 3.8) is 0 Å². The smallest absolute Gasteiger partial charge is 0.311 e. The van der Waals surface area contributed by atoms with Crippen LogP contribution in [-0.2, 0) is 0 Å². The Morgan fingerprint density at radius 3 is 2.58 bits per heavy atom. The lowest BCUT2D eigenvalue weighted by molar-refractivity contribution is -0.385. The summed E-state index contributed by atoms with van der Waals surface area (Å²) in [5.41, 5.74) is 0.899. The molecular formula is C26H21FN6O5. The number of benzene rings is 3. The molecule has 2 aromatic heterocycles. The van der Waals surface area contributed by atoms with Gasteiger partial charge >= 0.3 is 5.69 Å². The number of ether oxygens (including phenoxy) is 2. The molecule has 0 amide bonds. The number of nitrogens with zero attached hydrogens (tertiary/aromatic N) is 5. The zero-order chi connectivity index (χ0) is 26.8. The van der Waals surface area contributed by atoms with Gasteiger partial charge < -0.3 is 19.2 Å². The Hall–Kier alpha value is -5.13. The predicted molar refractivity (Wildman–Crippen MR) is 136 cm³/mol. The van der Waals surface area contributed by atoms with Crippen LogP contribution in [0.5, 0.6) is 17.2 Å². The van der Waals surface area contributed by atoms with E-state index in [9.17, 15) is 10.1 Å². The molecule has 0 aliphatic rings. The van der Waals surface area contributed by atoms with E-state index in [-0.39, 0.29) is 34.6 Å². The van der Waals surface area contributed by atoms with Crippen molar-refractivity contribution in [1.82, 2.24) is 20.2 Å². The van der Waals surface area contributed by atoms with Gasteiger partial charge in [-0.15, -0.1) is 10.2 Å². The predicted octanol–water partition coefficient (Wildman–Crippen LogP) is 6.40. The van der Waals surface area contributed by atoms with Crippen molar-refractivity contribution in [1.29, 1.82) is 0 Å². The first kappa shape index (κ1) is 24.6. The van der Waals surface area contributed by atoms with E-state index in [4.69, 9.17) is 13.9 Å². The number of rotatable bonds is 8. The quantitative estimate of drug-likeness (QED) is 0.182. The topological polar surface area (TPSA) is 138 Å². The van der Waals surface area contributed by atoms with Crippen LogP contribution in [0.1, 0.15) is 25.7 Å². The highest BCUT2D eigenvalue weighted by atomic mass is 19.1. The average Bonchev–Trinajstić information content (AvgIpc) is 3.41. The number of hydrogen-bond acceptors (Lipinski definition) is 10. The van der Waals surface area contributed by atoms with Crippen LogP contribution in [-0.4, -0.2) is 32.2 Å². The third-order valence-electron chi connectivity index (χ3n) is 5.58. The molecule has 0 unspecified atom stereocenters. The van der Waals surface area contributed by atoms with Crippen molar-refractivity contribution < 1.29 is 23.2 Å². The fraction of sp³-hybridized carbons (Fsp3) is 0.154. The molecule has 1 N–H and O–H groups in total. The van der Waals surface area contributed by atoms with Crippen LogP contribution in [0.15, 0.2) is 65.3 Å². The Morgan fingerprint density at radius 1 is 1.05 bits per heavy atom. The van der Waals surface area contributed by atoms with Crippen LogP contribution in [0.4, 0.5) is 21.6 Å². The van der Waals surface area contributed by atoms with Gasteiger partial charge in [0, 0.05) is 29.7 Å². The number of anilines is 2. The normalized spacial score (nSPS) is 11.1. The van der Waals surface area contributed by atoms with Gasteiger partial charge in [0.05, 0.1) is 28.6 Å². The van der Waals surface area contributed by atoms with E-state index in [1.807, 2.05) is 19.9 Å². The highest BCUT2D eigenvalue weighted by molar-refractivity contribution is 5.93. The molecule has 0 aliphatic carbocycles. The second-order valence-electron chi connectivity index (χ2n) is 8.52. The SMILES string of the molecule is COc1cc2ncnc(Nc3ccc(Oc4cccc(-c5nnc(C(C)C)o5)c4)cc3F)c2cc1[N+](=O)[O-]. The maximum Gasteiger partial charge on any atom is 0.311 e. The van der Waals surface area contributed by atoms with Gasteiger partial charge in [-0.3, -0.25) is 10.1 Å². The maximum absolute atomic E-state index is 15.0. The Balaban J connectivity index is 1.38. The van der Waals surface area contributed by atoms with Crippen LogP contribution < -0.4 is 14.8 Å². The fourth-order valence-corrected chi connectivity index (χ4v) is 3.68. The minimum atomic E-state index is -0.619. The summed E-state index contributed by atoms with van der Waals surface area (Å²) >= 11 is 0. The molecule has 5 aromatic rings. The number of nitrogens with one attached hydrogen (secondary N) is 1. The summed E-state index contributed by atoms with van der Waals surface area (Å²) in [6.45, 7) is 3.91. The average molecular weight is 516 g/mol. The standard InChI is InChI=1S/C26H21FN6O5/c1-14(2)25-31-32-26(38-25)15-5-4-6-16(9-15)37-17-7-8-20(19(27)10-17)30-24-18-11-22(33(34)35)23(36-3)12-21(18)28-13-29-24/h4-14H,1-3H3,(H,28,29,30). The van der Waals surface area contributed by atoms with Gasteiger partial charge in [0.15, 0.2) is 5.75 Å². The largest absolute Gasteiger partial charge is 0.490 e. The Labute approximate surface area is 215 Å². The molecule has 0 bridgehead atoms. The van der Waals surface area contributed by atoms with Crippen molar-refractivity contribution in [2.45, 2.75) is 19.8 Å². The van der Waals surface area contributed by atoms with Crippen LogP contribution in [0, 0.1) is 15.9 Å². The van der Waals surface area contributed by atoms with Crippen molar-refractivity contribution in [3.8, 4) is 28.7 Å². The molecule has 5 rings (SSSR count). The Kier molecular flexibility index (Phi) is 6.52. The van der Waals surface area contributed by atoms with Gasteiger partial charge in [-0.05, 0) is 30.3 Å². The van der Waals surface area contributed by atoms with E-state index in [0.717, 1.165) is 0 Å². The molecule has 0 spiro atoms.